The molecule has 1 aromatic rings. The van der Waals surface area contributed by atoms with Gasteiger partial charge in [0, 0.05) is 69.6 Å². The number of benzene rings is 1. The minimum Gasteiger partial charge on any atom is -0.455 e. The molecular formula is C31H43NO9. The second kappa shape index (κ2) is 9.19. The summed E-state index contributed by atoms with van der Waals surface area (Å²) < 4.78 is 30.6. The molecular weight excluding hydrogens is 530 g/mol. The van der Waals surface area contributed by atoms with Gasteiger partial charge in [-0.05, 0) is 44.4 Å². The molecule has 1 aromatic carbocycles. The molecule has 0 aromatic heterocycles. The first kappa shape index (κ1) is 28.2. The molecule has 0 amide bonds. The molecule has 14 atom stereocenters. The lowest BCUT2D eigenvalue weighted by Gasteiger charge is -2.69. The Kier molecular flexibility index (Phi) is 6.31. The SMILES string of the molecule is COC[C@@]12CC[C@H](OC)[C@@]34[C@@H]5C[C@@]6(O)[C@H](OC(=O)c7ccccc7)[C@@H]5[C@@](O)([C@@H]([C@H](OC)[C@@H]13)[C@H]4N(C)C2)[C@@H](O)[C@@H]6OC. The summed E-state index contributed by atoms with van der Waals surface area (Å²) in [4.78, 5) is 15.8. The maximum Gasteiger partial charge on any atom is 0.338 e. The summed E-state index contributed by atoms with van der Waals surface area (Å²) in [6.45, 7) is 1.29. The van der Waals surface area contributed by atoms with Crippen LogP contribution >= 0.6 is 0 Å². The van der Waals surface area contributed by atoms with E-state index in [0.717, 1.165) is 19.4 Å². The second-order valence-corrected chi connectivity index (χ2v) is 13.6. The molecule has 1 heterocycles. The van der Waals surface area contributed by atoms with Gasteiger partial charge in [-0.1, -0.05) is 18.2 Å². The Bertz CT molecular complexity index is 1200. The Hall–Kier alpha value is -1.63. The van der Waals surface area contributed by atoms with Crippen LogP contribution in [-0.2, 0) is 23.7 Å². The maximum atomic E-state index is 13.5. The zero-order valence-corrected chi connectivity index (χ0v) is 24.4. The first-order chi connectivity index (χ1) is 19.6. The number of hydrogen-bond donors (Lipinski definition) is 3. The Morgan fingerprint density at radius 2 is 1.76 bits per heavy atom. The lowest BCUT2D eigenvalue weighted by Crippen LogP contribution is -2.79. The summed E-state index contributed by atoms with van der Waals surface area (Å²) in [5.41, 5.74) is -3.95. The number of rotatable bonds is 7. The minimum absolute atomic E-state index is 0.0644. The highest BCUT2D eigenvalue weighted by atomic mass is 16.6. The number of aliphatic hydroxyl groups is 3. The molecule has 7 rings (SSSR count). The number of hydrogen-bond acceptors (Lipinski definition) is 10. The lowest BCUT2D eigenvalue weighted by atomic mass is 9.43. The number of fused-ring (bicyclic) bond motifs is 2. The van der Waals surface area contributed by atoms with Crippen molar-refractivity contribution in [3.8, 4) is 0 Å². The van der Waals surface area contributed by atoms with Gasteiger partial charge in [0.15, 0.2) is 0 Å². The zero-order valence-electron chi connectivity index (χ0n) is 24.4. The molecule has 6 fully saturated rings. The van der Waals surface area contributed by atoms with E-state index in [0.29, 0.717) is 12.2 Å². The second-order valence-electron chi connectivity index (χ2n) is 13.6. The third-order valence-corrected chi connectivity index (χ3v) is 12.5. The van der Waals surface area contributed by atoms with Crippen LogP contribution in [0.3, 0.4) is 0 Å². The van der Waals surface area contributed by atoms with Crippen LogP contribution in [0, 0.1) is 34.5 Å². The maximum absolute atomic E-state index is 13.5. The van der Waals surface area contributed by atoms with Crippen molar-refractivity contribution in [1.29, 1.82) is 0 Å². The van der Waals surface area contributed by atoms with Crippen LogP contribution in [0.2, 0.25) is 0 Å². The van der Waals surface area contributed by atoms with Crippen LogP contribution in [0.25, 0.3) is 0 Å². The van der Waals surface area contributed by atoms with Gasteiger partial charge in [-0.25, -0.2) is 4.79 Å². The number of piperidine rings is 1. The van der Waals surface area contributed by atoms with E-state index in [1.54, 1.807) is 45.6 Å². The lowest BCUT2D eigenvalue weighted by molar-refractivity contribution is -0.313. The van der Waals surface area contributed by atoms with E-state index in [1.807, 2.05) is 6.07 Å². The summed E-state index contributed by atoms with van der Waals surface area (Å²) in [6.07, 6.45) is -2.45. The first-order valence-corrected chi connectivity index (χ1v) is 14.8. The molecule has 0 radical (unpaired) electrons. The smallest absolute Gasteiger partial charge is 0.338 e. The highest BCUT2D eigenvalue weighted by molar-refractivity contribution is 5.89. The van der Waals surface area contributed by atoms with Gasteiger partial charge in [0.05, 0.1) is 24.4 Å². The summed E-state index contributed by atoms with van der Waals surface area (Å²) in [5, 5.41) is 37.6. The van der Waals surface area contributed by atoms with E-state index < -0.39 is 58.8 Å². The number of esters is 1. The molecule has 226 valence electrons. The Balaban J connectivity index is 1.46. The van der Waals surface area contributed by atoms with E-state index in [2.05, 4.69) is 11.9 Å². The van der Waals surface area contributed by atoms with E-state index in [-0.39, 0.29) is 35.8 Å². The quantitative estimate of drug-likeness (QED) is 0.402. The number of nitrogens with zero attached hydrogens (tertiary/aromatic N) is 1. The van der Waals surface area contributed by atoms with Gasteiger partial charge in [-0.15, -0.1) is 0 Å². The van der Waals surface area contributed by atoms with Crippen LogP contribution in [0.15, 0.2) is 30.3 Å². The molecule has 5 aliphatic carbocycles. The van der Waals surface area contributed by atoms with Gasteiger partial charge < -0.3 is 43.9 Å². The van der Waals surface area contributed by atoms with Crippen molar-refractivity contribution in [2.75, 3.05) is 48.6 Å². The van der Waals surface area contributed by atoms with Crippen molar-refractivity contribution in [2.45, 2.75) is 67.0 Å². The van der Waals surface area contributed by atoms with Crippen LogP contribution in [0.4, 0.5) is 0 Å². The highest BCUT2D eigenvalue weighted by Gasteiger charge is 2.90. The van der Waals surface area contributed by atoms with Crippen LogP contribution < -0.4 is 0 Å². The molecule has 3 N–H and O–H groups in total. The number of ether oxygens (including phenoxy) is 5. The average Bonchev–Trinajstić information content (AvgIpc) is 3.36. The minimum atomic E-state index is -1.76. The normalized spacial score (nSPS) is 52.9. The Morgan fingerprint density at radius 3 is 2.39 bits per heavy atom. The predicted octanol–water partition coefficient (Wildman–Crippen LogP) is 0.716. The van der Waals surface area contributed by atoms with E-state index in [9.17, 15) is 20.1 Å². The number of likely N-dealkylation sites (tertiary alicyclic amines) is 1. The molecule has 10 heteroatoms. The van der Waals surface area contributed by atoms with Gasteiger partial charge in [0.1, 0.15) is 29.5 Å². The van der Waals surface area contributed by atoms with Crippen molar-refractivity contribution in [2.24, 2.45) is 34.5 Å². The zero-order chi connectivity index (χ0) is 29.1. The Morgan fingerprint density at radius 1 is 1.02 bits per heavy atom. The fourth-order valence-electron chi connectivity index (χ4n) is 11.8. The molecule has 0 unspecified atom stereocenters. The van der Waals surface area contributed by atoms with Gasteiger partial charge in [0.2, 0.25) is 0 Å². The first-order valence-electron chi connectivity index (χ1n) is 14.8. The average molecular weight is 574 g/mol. The largest absolute Gasteiger partial charge is 0.455 e. The number of carbonyl (C=O) groups excluding carboxylic acids is 1. The van der Waals surface area contributed by atoms with Crippen LogP contribution in [0.1, 0.15) is 29.6 Å². The molecule has 1 aliphatic heterocycles. The topological polar surface area (TPSA) is 127 Å². The molecule has 1 spiro atoms. The standard InChI is InChI=1S/C31H43NO9/c1-32-14-28(15-37-2)12-11-18(38-3)30-17-13-29(35)25(41-27(34)16-9-7-6-8-10-16)19(17)31(36,24(33)26(29)40-5)20(23(30)32)21(39-4)22(28)30/h6-10,17-26,33,35-36H,11-15H2,1-5H3/t17-,18+,19-,20+,21+,22+,23-,24+,25-,26+,28+,29-,30+,31-/m1/s1. The number of methoxy groups -OCH3 is 4. The van der Waals surface area contributed by atoms with E-state index >= 15 is 0 Å². The highest BCUT2D eigenvalue weighted by Crippen LogP contribution is 2.80. The van der Waals surface area contributed by atoms with E-state index in [1.165, 1.54) is 7.11 Å². The Labute approximate surface area is 240 Å². The number of carbonyl (C=O) groups is 1. The van der Waals surface area contributed by atoms with Gasteiger partial charge >= 0.3 is 5.97 Å². The fourth-order valence-corrected chi connectivity index (χ4v) is 11.8. The molecule has 10 nitrogen and oxygen atoms in total. The van der Waals surface area contributed by atoms with Crippen LogP contribution in [0.5, 0.6) is 0 Å². The molecule has 1 saturated heterocycles. The summed E-state index contributed by atoms with van der Waals surface area (Å²) >= 11 is 0. The van der Waals surface area contributed by atoms with Gasteiger partial charge in [0.25, 0.3) is 0 Å². The van der Waals surface area contributed by atoms with Crippen molar-refractivity contribution in [1.82, 2.24) is 4.90 Å². The van der Waals surface area contributed by atoms with Crippen molar-refractivity contribution in [3.63, 3.8) is 0 Å². The van der Waals surface area contributed by atoms with Crippen molar-refractivity contribution >= 4 is 5.97 Å². The molecule has 6 aliphatic rings. The third-order valence-electron chi connectivity index (χ3n) is 12.5. The summed E-state index contributed by atoms with van der Waals surface area (Å²) in [6, 6.07) is 8.46. The van der Waals surface area contributed by atoms with Crippen molar-refractivity contribution in [3.05, 3.63) is 35.9 Å². The predicted molar refractivity (Wildman–Crippen MR) is 145 cm³/mol. The third kappa shape index (κ3) is 3.08. The van der Waals surface area contributed by atoms with Gasteiger partial charge in [-0.2, -0.15) is 0 Å². The fraction of sp³-hybridized carbons (Fsp3) is 0.774. The monoisotopic (exact) mass is 573 g/mol. The molecule has 7 bridgehead atoms. The van der Waals surface area contributed by atoms with Crippen LogP contribution in [-0.4, -0.2) is 123 Å². The number of aliphatic hydroxyl groups excluding tert-OH is 1. The molecule has 5 saturated carbocycles. The summed E-state index contributed by atoms with van der Waals surface area (Å²) in [7, 11) is 8.65. The summed E-state index contributed by atoms with van der Waals surface area (Å²) in [5.74, 6) is -2.30. The van der Waals surface area contributed by atoms with E-state index in [4.69, 9.17) is 23.7 Å². The van der Waals surface area contributed by atoms with Gasteiger partial charge in [-0.3, -0.25) is 0 Å². The van der Waals surface area contributed by atoms with Crippen molar-refractivity contribution < 1.29 is 43.8 Å². The molecule has 41 heavy (non-hydrogen) atoms.